The molecule has 17 heavy (non-hydrogen) atoms. The number of carbonyl (C=O) groups is 1. The van der Waals surface area contributed by atoms with E-state index in [0.717, 1.165) is 27.9 Å². The van der Waals surface area contributed by atoms with E-state index in [0.29, 0.717) is 0 Å². The first-order valence-electron chi connectivity index (χ1n) is 5.58. The van der Waals surface area contributed by atoms with Gasteiger partial charge >= 0.3 is 5.97 Å². The van der Waals surface area contributed by atoms with Gasteiger partial charge in [-0.25, -0.2) is 4.98 Å². The number of carbonyl (C=O) groups excluding carboxylic acids is 1. The van der Waals surface area contributed by atoms with Gasteiger partial charge in [-0.2, -0.15) is 0 Å². The molecule has 0 bridgehead atoms. The average Bonchev–Trinajstić information content (AvgIpc) is 2.75. The Labute approximate surface area is 100 Å². The van der Waals surface area contributed by atoms with Gasteiger partial charge in [0.2, 0.25) is 0 Å². The number of aromatic amines is 1. The van der Waals surface area contributed by atoms with Gasteiger partial charge in [0.05, 0.1) is 13.0 Å². The van der Waals surface area contributed by atoms with Crippen molar-refractivity contribution in [2.24, 2.45) is 0 Å². The Hall–Kier alpha value is -1.84. The maximum Gasteiger partial charge on any atom is 0.312 e. The number of hydrogen-bond acceptors (Lipinski definition) is 3. The van der Waals surface area contributed by atoms with Gasteiger partial charge in [0.15, 0.2) is 0 Å². The van der Waals surface area contributed by atoms with Crippen LogP contribution in [0, 0.1) is 13.8 Å². The van der Waals surface area contributed by atoms with Gasteiger partial charge in [-0.15, -0.1) is 0 Å². The number of nitrogens with zero attached hydrogens (tertiary/aromatic N) is 1. The van der Waals surface area contributed by atoms with Gasteiger partial charge < -0.3 is 9.72 Å². The van der Waals surface area contributed by atoms with Crippen molar-refractivity contribution in [3.8, 4) is 0 Å². The van der Waals surface area contributed by atoms with Crippen LogP contribution in [0.4, 0.5) is 0 Å². The fraction of sp³-hybridized carbons (Fsp3) is 0.385. The van der Waals surface area contributed by atoms with Crippen molar-refractivity contribution in [1.82, 2.24) is 9.97 Å². The Balaban J connectivity index is 2.64. The van der Waals surface area contributed by atoms with E-state index in [4.69, 9.17) is 4.74 Å². The van der Waals surface area contributed by atoms with E-state index in [1.807, 2.05) is 33.0 Å². The van der Waals surface area contributed by atoms with Gasteiger partial charge in [-0.1, -0.05) is 0 Å². The van der Waals surface area contributed by atoms with Crippen molar-refractivity contribution in [2.75, 3.05) is 7.11 Å². The van der Waals surface area contributed by atoms with E-state index in [1.54, 1.807) is 0 Å². The number of H-pyrrole nitrogens is 1. The van der Waals surface area contributed by atoms with Crippen LogP contribution < -0.4 is 0 Å². The van der Waals surface area contributed by atoms with E-state index >= 15 is 0 Å². The van der Waals surface area contributed by atoms with Crippen LogP contribution in [0.3, 0.4) is 0 Å². The third kappa shape index (κ3) is 1.79. The van der Waals surface area contributed by atoms with E-state index in [2.05, 4.69) is 9.97 Å². The second-order valence-electron chi connectivity index (χ2n) is 4.22. The Kier molecular flexibility index (Phi) is 2.88. The maximum absolute atomic E-state index is 11.6. The van der Waals surface area contributed by atoms with Crippen molar-refractivity contribution in [3.05, 3.63) is 29.1 Å². The lowest BCUT2D eigenvalue weighted by atomic mass is 9.94. The van der Waals surface area contributed by atoms with Crippen molar-refractivity contribution >= 4 is 17.0 Å². The van der Waals surface area contributed by atoms with Crippen molar-refractivity contribution in [2.45, 2.75) is 26.7 Å². The second kappa shape index (κ2) is 4.20. The van der Waals surface area contributed by atoms with E-state index < -0.39 is 0 Å². The first-order chi connectivity index (χ1) is 8.06. The largest absolute Gasteiger partial charge is 0.469 e. The Morgan fingerprint density at radius 3 is 2.82 bits per heavy atom. The third-order valence-electron chi connectivity index (χ3n) is 3.19. The topological polar surface area (TPSA) is 55.0 Å². The number of esters is 1. The highest BCUT2D eigenvalue weighted by Gasteiger charge is 2.22. The summed E-state index contributed by atoms with van der Waals surface area (Å²) in [6.07, 6.45) is 1.86. The molecule has 4 heteroatoms. The quantitative estimate of drug-likeness (QED) is 0.809. The van der Waals surface area contributed by atoms with Crippen molar-refractivity contribution < 1.29 is 9.53 Å². The molecule has 0 saturated carbocycles. The number of methoxy groups -OCH3 is 1. The molecular weight excluding hydrogens is 216 g/mol. The summed E-state index contributed by atoms with van der Waals surface area (Å²) in [6, 6.07) is 1.98. The van der Waals surface area contributed by atoms with E-state index in [-0.39, 0.29) is 11.9 Å². The summed E-state index contributed by atoms with van der Waals surface area (Å²) in [5.41, 5.74) is 3.78. The molecule has 0 aliphatic heterocycles. The smallest absolute Gasteiger partial charge is 0.312 e. The first kappa shape index (κ1) is 11.6. The minimum Gasteiger partial charge on any atom is -0.469 e. The van der Waals surface area contributed by atoms with Crippen LogP contribution in [0.5, 0.6) is 0 Å². The van der Waals surface area contributed by atoms with Crippen LogP contribution in [0.15, 0.2) is 12.3 Å². The summed E-state index contributed by atoms with van der Waals surface area (Å²) in [7, 11) is 1.41. The number of aromatic nitrogens is 2. The molecule has 0 fully saturated rings. The summed E-state index contributed by atoms with van der Waals surface area (Å²) in [5, 5.41) is 1.06. The number of aryl methyl sites for hydroxylation is 2. The predicted octanol–water partition coefficient (Wildman–Crippen LogP) is 2.46. The molecule has 2 aromatic rings. The lowest BCUT2D eigenvalue weighted by molar-refractivity contribution is -0.142. The van der Waals surface area contributed by atoms with Gasteiger partial charge in [0, 0.05) is 17.3 Å². The molecule has 0 radical (unpaired) electrons. The zero-order valence-electron chi connectivity index (χ0n) is 10.5. The number of nitrogens with one attached hydrogen (secondary N) is 1. The molecule has 0 amide bonds. The molecule has 0 aliphatic carbocycles. The van der Waals surface area contributed by atoms with Gasteiger partial charge in [-0.05, 0) is 38.0 Å². The highest BCUT2D eigenvalue weighted by molar-refractivity contribution is 5.85. The van der Waals surface area contributed by atoms with Crippen LogP contribution in [0.2, 0.25) is 0 Å². The summed E-state index contributed by atoms with van der Waals surface area (Å²) in [6.45, 7) is 5.78. The molecule has 2 rings (SSSR count). The summed E-state index contributed by atoms with van der Waals surface area (Å²) in [5.74, 6) is -0.514. The number of ether oxygens (including phenoxy) is 1. The normalized spacial score (nSPS) is 12.7. The number of rotatable bonds is 2. The number of hydrogen-bond donors (Lipinski definition) is 1. The van der Waals surface area contributed by atoms with Crippen LogP contribution in [-0.2, 0) is 9.53 Å². The van der Waals surface area contributed by atoms with Crippen molar-refractivity contribution in [1.29, 1.82) is 0 Å². The number of pyridine rings is 1. The zero-order chi connectivity index (χ0) is 12.6. The fourth-order valence-corrected chi connectivity index (χ4v) is 2.33. The van der Waals surface area contributed by atoms with Gasteiger partial charge in [0.1, 0.15) is 5.65 Å². The molecule has 2 heterocycles. The number of fused-ring (bicyclic) bond motifs is 1. The monoisotopic (exact) mass is 232 g/mol. The molecule has 2 aromatic heterocycles. The molecule has 90 valence electrons. The molecule has 0 spiro atoms. The third-order valence-corrected chi connectivity index (χ3v) is 3.19. The molecule has 0 aliphatic rings. The molecule has 4 nitrogen and oxygen atoms in total. The van der Waals surface area contributed by atoms with Crippen LogP contribution in [-0.4, -0.2) is 23.0 Å². The zero-order valence-corrected chi connectivity index (χ0v) is 10.5. The molecule has 1 N–H and O–H groups in total. The molecular formula is C13H16N2O2. The van der Waals surface area contributed by atoms with Crippen LogP contribution >= 0.6 is 0 Å². The molecule has 1 atom stereocenters. The minimum atomic E-state index is -0.285. The molecule has 0 aromatic carbocycles. The molecule has 1 unspecified atom stereocenters. The highest BCUT2D eigenvalue weighted by atomic mass is 16.5. The van der Waals surface area contributed by atoms with Gasteiger partial charge in [-0.3, -0.25) is 4.79 Å². The highest BCUT2D eigenvalue weighted by Crippen LogP contribution is 2.28. The summed E-state index contributed by atoms with van der Waals surface area (Å²) >= 11 is 0. The Morgan fingerprint density at radius 2 is 2.18 bits per heavy atom. The second-order valence-corrected chi connectivity index (χ2v) is 4.22. The summed E-state index contributed by atoms with van der Waals surface area (Å²) < 4.78 is 4.80. The van der Waals surface area contributed by atoms with Gasteiger partial charge in [0.25, 0.3) is 0 Å². The fourth-order valence-electron chi connectivity index (χ4n) is 2.33. The summed E-state index contributed by atoms with van der Waals surface area (Å²) in [4.78, 5) is 19.2. The lowest BCUT2D eigenvalue weighted by Crippen LogP contribution is -2.14. The molecule has 0 saturated heterocycles. The Morgan fingerprint density at radius 1 is 1.47 bits per heavy atom. The van der Waals surface area contributed by atoms with E-state index in [9.17, 15) is 4.79 Å². The predicted molar refractivity (Wildman–Crippen MR) is 66.0 cm³/mol. The first-order valence-corrected chi connectivity index (χ1v) is 5.58. The van der Waals surface area contributed by atoms with Crippen molar-refractivity contribution in [3.63, 3.8) is 0 Å². The minimum absolute atomic E-state index is 0.229. The maximum atomic E-state index is 11.6. The lowest BCUT2D eigenvalue weighted by Gasteiger charge is -2.15. The van der Waals surface area contributed by atoms with E-state index in [1.165, 1.54) is 7.11 Å². The SMILES string of the molecule is COC(=O)C(C)c1c(C)nc2[nH]ccc2c1C. The Bertz CT molecular complexity index is 572. The van der Waals surface area contributed by atoms with Crippen LogP contribution in [0.1, 0.15) is 29.7 Å². The standard InChI is InChI=1S/C13H16N2O2/c1-7-10-5-6-14-12(10)15-9(3)11(7)8(2)13(16)17-4/h5-6,8H,1-4H3,(H,14,15). The average molecular weight is 232 g/mol. The van der Waals surface area contributed by atoms with Crippen LogP contribution in [0.25, 0.3) is 11.0 Å².